The molecule has 126 valence electrons. The first-order chi connectivity index (χ1) is 11.7. The van der Waals surface area contributed by atoms with Crippen LogP contribution in [0.4, 0.5) is 10.1 Å². The number of hydrogen-bond acceptors (Lipinski definition) is 2. The molecule has 3 rings (SSSR count). The number of benzene rings is 2. The van der Waals surface area contributed by atoms with Crippen LogP contribution in [0.3, 0.4) is 0 Å². The van der Waals surface area contributed by atoms with Crippen LogP contribution in [-0.2, 0) is 6.54 Å². The predicted molar refractivity (Wildman–Crippen MR) is 98.8 cm³/mol. The molecule has 0 aliphatic heterocycles. The molecule has 2 aromatic carbocycles. The lowest BCUT2D eigenvalue weighted by molar-refractivity contribution is 0.210. The second-order valence-electron chi connectivity index (χ2n) is 5.98. The number of rotatable bonds is 5. The summed E-state index contributed by atoms with van der Waals surface area (Å²) in [6, 6.07) is 14.2. The van der Waals surface area contributed by atoms with E-state index in [1.54, 1.807) is 12.1 Å². The van der Waals surface area contributed by atoms with E-state index in [2.05, 4.69) is 10.6 Å². The van der Waals surface area contributed by atoms with Gasteiger partial charge in [0.05, 0.1) is 6.10 Å². The Morgan fingerprint density at radius 1 is 1.04 bits per heavy atom. The van der Waals surface area contributed by atoms with Crippen LogP contribution in [0.25, 0.3) is 0 Å². The summed E-state index contributed by atoms with van der Waals surface area (Å²) in [5.41, 5.74) is 1.88. The molecule has 1 fully saturated rings. The summed E-state index contributed by atoms with van der Waals surface area (Å²) in [6.07, 6.45) is 5.19. The average Bonchev–Trinajstić information content (AvgIpc) is 3.09. The zero-order chi connectivity index (χ0) is 16.8. The van der Waals surface area contributed by atoms with Crippen molar-refractivity contribution < 1.29 is 9.13 Å². The normalized spacial score (nSPS) is 14.4. The summed E-state index contributed by atoms with van der Waals surface area (Å²) >= 11 is 5.28. The fraction of sp³-hybridized carbons (Fsp3) is 0.316. The summed E-state index contributed by atoms with van der Waals surface area (Å²) in [5, 5.41) is 6.77. The first-order valence-electron chi connectivity index (χ1n) is 8.25. The van der Waals surface area contributed by atoms with E-state index in [1.165, 1.54) is 25.0 Å². The maximum absolute atomic E-state index is 12.9. The molecular weight excluding hydrogens is 323 g/mol. The summed E-state index contributed by atoms with van der Waals surface area (Å²) in [4.78, 5) is 0. The Morgan fingerprint density at radius 2 is 1.71 bits per heavy atom. The SMILES string of the molecule is Fc1ccc(CNC(=S)Nc2ccc(OC3CCCC3)cc2)cc1. The van der Waals surface area contributed by atoms with E-state index in [0.717, 1.165) is 29.8 Å². The van der Waals surface area contributed by atoms with Crippen LogP contribution in [-0.4, -0.2) is 11.2 Å². The van der Waals surface area contributed by atoms with Crippen LogP contribution in [0.2, 0.25) is 0 Å². The molecule has 5 heteroatoms. The molecule has 0 saturated heterocycles. The van der Waals surface area contributed by atoms with E-state index in [-0.39, 0.29) is 5.82 Å². The van der Waals surface area contributed by atoms with Crippen molar-refractivity contribution in [2.24, 2.45) is 0 Å². The average molecular weight is 344 g/mol. The van der Waals surface area contributed by atoms with Crippen molar-refractivity contribution in [2.45, 2.75) is 38.3 Å². The van der Waals surface area contributed by atoms with Crippen LogP contribution in [0.5, 0.6) is 5.75 Å². The number of anilines is 1. The predicted octanol–water partition coefficient (Wildman–Crippen LogP) is 4.63. The topological polar surface area (TPSA) is 33.3 Å². The van der Waals surface area contributed by atoms with Crippen LogP contribution in [0, 0.1) is 5.82 Å². The Balaban J connectivity index is 1.46. The largest absolute Gasteiger partial charge is 0.490 e. The summed E-state index contributed by atoms with van der Waals surface area (Å²) in [6.45, 7) is 0.551. The lowest BCUT2D eigenvalue weighted by Crippen LogP contribution is -2.27. The van der Waals surface area contributed by atoms with Crippen molar-refractivity contribution in [2.75, 3.05) is 5.32 Å². The van der Waals surface area contributed by atoms with E-state index < -0.39 is 0 Å². The monoisotopic (exact) mass is 344 g/mol. The number of ether oxygens (including phenoxy) is 1. The number of nitrogens with one attached hydrogen (secondary N) is 2. The molecule has 1 aliphatic carbocycles. The third kappa shape index (κ3) is 4.93. The van der Waals surface area contributed by atoms with Crippen molar-refractivity contribution >= 4 is 23.0 Å². The van der Waals surface area contributed by atoms with E-state index in [4.69, 9.17) is 17.0 Å². The second kappa shape index (κ2) is 8.11. The summed E-state index contributed by atoms with van der Waals surface area (Å²) in [7, 11) is 0. The zero-order valence-corrected chi connectivity index (χ0v) is 14.2. The highest BCUT2D eigenvalue weighted by Gasteiger charge is 2.16. The Morgan fingerprint density at radius 3 is 2.38 bits per heavy atom. The minimum atomic E-state index is -0.237. The first kappa shape index (κ1) is 16.7. The van der Waals surface area contributed by atoms with Gasteiger partial charge < -0.3 is 15.4 Å². The summed E-state index contributed by atoms with van der Waals surface area (Å²) < 4.78 is 18.8. The van der Waals surface area contributed by atoms with Gasteiger partial charge in [-0.05, 0) is 79.9 Å². The Kier molecular flexibility index (Phi) is 5.64. The van der Waals surface area contributed by atoms with Crippen molar-refractivity contribution in [3.8, 4) is 5.75 Å². The molecule has 1 aliphatic rings. The maximum Gasteiger partial charge on any atom is 0.171 e. The van der Waals surface area contributed by atoms with Crippen molar-refractivity contribution in [3.05, 3.63) is 59.9 Å². The van der Waals surface area contributed by atoms with Gasteiger partial charge in [-0.3, -0.25) is 0 Å². The van der Waals surface area contributed by atoms with E-state index in [0.29, 0.717) is 17.8 Å². The molecule has 24 heavy (non-hydrogen) atoms. The molecule has 0 aromatic heterocycles. The number of halogens is 1. The van der Waals surface area contributed by atoms with E-state index in [1.807, 2.05) is 24.3 Å². The molecule has 0 spiro atoms. The molecule has 0 unspecified atom stereocenters. The fourth-order valence-corrected chi connectivity index (χ4v) is 2.97. The molecule has 2 N–H and O–H groups in total. The molecule has 0 heterocycles. The smallest absolute Gasteiger partial charge is 0.171 e. The van der Waals surface area contributed by atoms with Gasteiger partial charge in [-0.25, -0.2) is 4.39 Å². The van der Waals surface area contributed by atoms with Crippen LogP contribution >= 0.6 is 12.2 Å². The van der Waals surface area contributed by atoms with Crippen LogP contribution in [0.15, 0.2) is 48.5 Å². The number of hydrogen-bond donors (Lipinski definition) is 2. The fourth-order valence-electron chi connectivity index (χ4n) is 2.78. The summed E-state index contributed by atoms with van der Waals surface area (Å²) in [5.74, 6) is 0.664. The minimum Gasteiger partial charge on any atom is -0.490 e. The highest BCUT2D eigenvalue weighted by atomic mass is 32.1. The van der Waals surface area contributed by atoms with Gasteiger partial charge in [0, 0.05) is 12.2 Å². The van der Waals surface area contributed by atoms with Crippen LogP contribution in [0.1, 0.15) is 31.2 Å². The first-order valence-corrected chi connectivity index (χ1v) is 8.66. The van der Waals surface area contributed by atoms with E-state index >= 15 is 0 Å². The Bertz CT molecular complexity index is 667. The van der Waals surface area contributed by atoms with Crippen molar-refractivity contribution in [3.63, 3.8) is 0 Å². The van der Waals surface area contributed by atoms with Gasteiger partial charge >= 0.3 is 0 Å². The molecular formula is C19H21FN2OS. The van der Waals surface area contributed by atoms with E-state index in [9.17, 15) is 4.39 Å². The van der Waals surface area contributed by atoms with Gasteiger partial charge in [-0.15, -0.1) is 0 Å². The third-order valence-corrected chi connectivity index (χ3v) is 4.33. The molecule has 2 aromatic rings. The number of thiocarbonyl (C=S) groups is 1. The highest BCUT2D eigenvalue weighted by Crippen LogP contribution is 2.24. The molecule has 0 atom stereocenters. The van der Waals surface area contributed by atoms with Gasteiger partial charge in [0.15, 0.2) is 5.11 Å². The Labute approximate surface area is 147 Å². The van der Waals surface area contributed by atoms with Crippen LogP contribution < -0.4 is 15.4 Å². The van der Waals surface area contributed by atoms with Crippen molar-refractivity contribution in [1.29, 1.82) is 0 Å². The second-order valence-corrected chi connectivity index (χ2v) is 6.39. The molecule has 1 saturated carbocycles. The quantitative estimate of drug-likeness (QED) is 0.775. The molecule has 0 radical (unpaired) electrons. The standard InChI is InChI=1S/C19H21FN2OS/c20-15-7-5-14(6-8-15)13-21-19(24)22-16-9-11-18(12-10-16)23-17-3-1-2-4-17/h5-12,17H,1-4,13H2,(H2,21,22,24). The van der Waals surface area contributed by atoms with Gasteiger partial charge in [-0.2, -0.15) is 0 Å². The lowest BCUT2D eigenvalue weighted by atomic mass is 10.2. The molecule has 0 bridgehead atoms. The third-order valence-electron chi connectivity index (χ3n) is 4.08. The van der Waals surface area contributed by atoms with Gasteiger partial charge in [0.25, 0.3) is 0 Å². The van der Waals surface area contributed by atoms with Gasteiger partial charge in [0.1, 0.15) is 11.6 Å². The Hall–Kier alpha value is -2.14. The lowest BCUT2D eigenvalue weighted by Gasteiger charge is -2.14. The maximum atomic E-state index is 12.9. The molecule has 3 nitrogen and oxygen atoms in total. The zero-order valence-electron chi connectivity index (χ0n) is 13.4. The molecule has 0 amide bonds. The van der Waals surface area contributed by atoms with Gasteiger partial charge in [-0.1, -0.05) is 12.1 Å². The highest BCUT2D eigenvalue weighted by molar-refractivity contribution is 7.80. The van der Waals surface area contributed by atoms with Gasteiger partial charge in [0.2, 0.25) is 0 Å². The minimum absolute atomic E-state index is 0.237. The van der Waals surface area contributed by atoms with Crippen molar-refractivity contribution in [1.82, 2.24) is 5.32 Å².